The van der Waals surface area contributed by atoms with E-state index in [1.165, 1.54) is 24.8 Å². The van der Waals surface area contributed by atoms with Gasteiger partial charge in [-0.05, 0) is 54.0 Å². The van der Waals surface area contributed by atoms with Crippen molar-refractivity contribution in [2.75, 3.05) is 11.3 Å². The third-order valence-corrected chi connectivity index (χ3v) is 7.35. The minimum absolute atomic E-state index is 0.0157. The van der Waals surface area contributed by atoms with Gasteiger partial charge in [0.1, 0.15) is 5.75 Å². The van der Waals surface area contributed by atoms with Crippen LogP contribution >= 0.6 is 0 Å². The summed E-state index contributed by atoms with van der Waals surface area (Å²) in [5.41, 5.74) is 3.68. The van der Waals surface area contributed by atoms with Gasteiger partial charge in [-0.25, -0.2) is 8.42 Å². The predicted octanol–water partition coefficient (Wildman–Crippen LogP) is 7.62. The van der Waals surface area contributed by atoms with E-state index in [2.05, 4.69) is 45.4 Å². The summed E-state index contributed by atoms with van der Waals surface area (Å²) in [6.07, 6.45) is 8.68. The second-order valence-electron chi connectivity index (χ2n) is 9.67. The molecule has 0 saturated heterocycles. The van der Waals surface area contributed by atoms with Gasteiger partial charge in [0.2, 0.25) is 10.0 Å². The van der Waals surface area contributed by atoms with Crippen LogP contribution in [0, 0.1) is 0 Å². The molecule has 0 unspecified atom stereocenters. The molecule has 0 fully saturated rings. The zero-order valence-corrected chi connectivity index (χ0v) is 22.1. The number of sulfonamides is 1. The van der Waals surface area contributed by atoms with Crippen LogP contribution in [0.2, 0.25) is 0 Å². The van der Waals surface area contributed by atoms with E-state index < -0.39 is 10.0 Å². The summed E-state index contributed by atoms with van der Waals surface area (Å²) in [6, 6.07) is 13.8. The average Bonchev–Trinajstić information content (AvgIpc) is 2.76. The maximum atomic E-state index is 13.1. The van der Waals surface area contributed by atoms with Gasteiger partial charge in [-0.3, -0.25) is 4.72 Å². The van der Waals surface area contributed by atoms with Crippen LogP contribution in [0.4, 0.5) is 5.69 Å². The highest BCUT2D eigenvalue weighted by Crippen LogP contribution is 2.33. The quantitative estimate of drug-likeness (QED) is 0.271. The molecule has 0 atom stereocenters. The van der Waals surface area contributed by atoms with Gasteiger partial charge in [-0.15, -0.1) is 0 Å². The number of hydrogen-bond acceptors (Lipinski definition) is 3. The smallest absolute Gasteiger partial charge is 0.237 e. The fourth-order valence-corrected chi connectivity index (χ4v) is 5.19. The first kappa shape index (κ1) is 27.2. The van der Waals surface area contributed by atoms with E-state index in [0.717, 1.165) is 43.2 Å². The van der Waals surface area contributed by atoms with Crippen LogP contribution in [0.15, 0.2) is 42.5 Å². The van der Waals surface area contributed by atoms with E-state index in [0.29, 0.717) is 18.0 Å². The molecule has 4 nitrogen and oxygen atoms in total. The zero-order valence-electron chi connectivity index (χ0n) is 21.2. The van der Waals surface area contributed by atoms with E-state index in [1.54, 1.807) is 0 Å². The van der Waals surface area contributed by atoms with Crippen LogP contribution in [0.3, 0.4) is 0 Å². The number of rotatable bonds is 15. The summed E-state index contributed by atoms with van der Waals surface area (Å²) < 4.78 is 34.9. The van der Waals surface area contributed by atoms with Crippen molar-refractivity contribution in [3.63, 3.8) is 0 Å². The average molecular weight is 474 g/mol. The molecule has 5 heteroatoms. The van der Waals surface area contributed by atoms with Gasteiger partial charge in [0.15, 0.2) is 0 Å². The zero-order chi connectivity index (χ0) is 24.3. The lowest BCUT2D eigenvalue weighted by Gasteiger charge is -2.27. The minimum atomic E-state index is -3.58. The van der Waals surface area contributed by atoms with Gasteiger partial charge in [0.25, 0.3) is 0 Å². The highest BCUT2D eigenvalue weighted by Gasteiger charge is 2.23. The molecule has 2 aromatic rings. The van der Waals surface area contributed by atoms with Gasteiger partial charge in [-0.2, -0.15) is 0 Å². The van der Waals surface area contributed by atoms with Crippen molar-refractivity contribution in [1.82, 2.24) is 0 Å². The first-order valence-corrected chi connectivity index (χ1v) is 14.2. The van der Waals surface area contributed by atoms with Crippen LogP contribution < -0.4 is 9.46 Å². The molecule has 1 N–H and O–H groups in total. The van der Waals surface area contributed by atoms with Crippen molar-refractivity contribution in [1.29, 1.82) is 0 Å². The highest BCUT2D eigenvalue weighted by atomic mass is 32.2. The molecule has 0 radical (unpaired) electrons. The van der Waals surface area contributed by atoms with Crippen LogP contribution in [0.5, 0.6) is 5.75 Å². The molecule has 0 aliphatic carbocycles. The first-order chi connectivity index (χ1) is 15.7. The van der Waals surface area contributed by atoms with Crippen LogP contribution in [-0.4, -0.2) is 15.0 Å². The molecule has 0 aliphatic heterocycles. The topological polar surface area (TPSA) is 55.4 Å². The third-order valence-electron chi connectivity index (χ3n) is 6.11. The van der Waals surface area contributed by atoms with Crippen LogP contribution in [0.25, 0.3) is 0 Å². The Kier molecular flexibility index (Phi) is 10.7. The van der Waals surface area contributed by atoms with Gasteiger partial charge in [0.05, 0.1) is 12.4 Å². The molecule has 0 bridgehead atoms. The van der Waals surface area contributed by atoms with Crippen molar-refractivity contribution in [2.24, 2.45) is 0 Å². The maximum Gasteiger partial charge on any atom is 0.237 e. The Morgan fingerprint density at radius 1 is 0.879 bits per heavy atom. The lowest BCUT2D eigenvalue weighted by molar-refractivity contribution is 0.306. The molecule has 0 saturated carbocycles. The fourth-order valence-electron chi connectivity index (χ4n) is 3.99. The Balaban J connectivity index is 2.25. The summed E-state index contributed by atoms with van der Waals surface area (Å²) in [4.78, 5) is 0. The van der Waals surface area contributed by atoms with Crippen molar-refractivity contribution in [3.8, 4) is 5.75 Å². The van der Waals surface area contributed by atoms with E-state index >= 15 is 0 Å². The van der Waals surface area contributed by atoms with Gasteiger partial charge >= 0.3 is 0 Å². The first-order valence-electron chi connectivity index (χ1n) is 12.6. The standard InChI is InChI=1S/C28H43NO3S/c1-6-9-11-19-28(4,5)25-15-18-27(32-20-10-7-2)24(21-25)22-33(30,31)29-26-16-13-23(12-8-3)14-17-26/h13-18,21,29H,6-12,19-20,22H2,1-5H3. The third kappa shape index (κ3) is 9.04. The number of benzene rings is 2. The van der Waals surface area contributed by atoms with Crippen molar-refractivity contribution < 1.29 is 13.2 Å². The Hall–Kier alpha value is -2.01. The molecule has 0 aromatic heterocycles. The summed E-state index contributed by atoms with van der Waals surface area (Å²) in [7, 11) is -3.58. The molecule has 0 aliphatic rings. The summed E-state index contributed by atoms with van der Waals surface area (Å²) in [5.74, 6) is 0.560. The number of anilines is 1. The summed E-state index contributed by atoms with van der Waals surface area (Å²) >= 11 is 0. The molecule has 2 aromatic carbocycles. The monoisotopic (exact) mass is 473 g/mol. The van der Waals surface area contributed by atoms with Crippen molar-refractivity contribution in [2.45, 2.75) is 97.2 Å². The minimum Gasteiger partial charge on any atom is -0.493 e. The number of hydrogen-bond donors (Lipinski definition) is 1. The molecule has 184 valence electrons. The Morgan fingerprint density at radius 2 is 1.58 bits per heavy atom. The van der Waals surface area contributed by atoms with Crippen LogP contribution in [0.1, 0.15) is 96.3 Å². The maximum absolute atomic E-state index is 13.1. The van der Waals surface area contributed by atoms with E-state index in [1.807, 2.05) is 36.4 Å². The summed E-state index contributed by atoms with van der Waals surface area (Å²) in [6.45, 7) is 11.5. The van der Waals surface area contributed by atoms with Gasteiger partial charge in [0, 0.05) is 11.3 Å². The van der Waals surface area contributed by atoms with Crippen molar-refractivity contribution in [3.05, 3.63) is 59.2 Å². The summed E-state index contributed by atoms with van der Waals surface area (Å²) in [5, 5.41) is 0. The SMILES string of the molecule is CCCCCC(C)(C)c1ccc(OCCCC)c(CS(=O)(=O)Nc2ccc(CCC)cc2)c1. The molecule has 0 heterocycles. The number of nitrogens with one attached hydrogen (secondary N) is 1. The molecule has 0 amide bonds. The normalized spacial score (nSPS) is 12.0. The highest BCUT2D eigenvalue weighted by molar-refractivity contribution is 7.91. The molecule has 2 rings (SSSR count). The number of unbranched alkanes of at least 4 members (excludes halogenated alkanes) is 3. The van der Waals surface area contributed by atoms with Crippen LogP contribution in [-0.2, 0) is 27.6 Å². The lowest BCUT2D eigenvalue weighted by atomic mass is 9.79. The fraction of sp³-hybridized carbons (Fsp3) is 0.571. The largest absolute Gasteiger partial charge is 0.493 e. The van der Waals surface area contributed by atoms with Crippen molar-refractivity contribution >= 4 is 15.7 Å². The van der Waals surface area contributed by atoms with Gasteiger partial charge in [-0.1, -0.05) is 91.0 Å². The molecule has 33 heavy (non-hydrogen) atoms. The van der Waals surface area contributed by atoms with E-state index in [9.17, 15) is 8.42 Å². The Labute approximate surface area is 202 Å². The second kappa shape index (κ2) is 13.0. The number of aryl methyl sites for hydroxylation is 1. The van der Waals surface area contributed by atoms with E-state index in [4.69, 9.17) is 4.74 Å². The molecular formula is C28H43NO3S. The lowest BCUT2D eigenvalue weighted by Crippen LogP contribution is -2.19. The van der Waals surface area contributed by atoms with Gasteiger partial charge < -0.3 is 4.74 Å². The molecular weight excluding hydrogens is 430 g/mol. The Bertz CT molecular complexity index is 950. The molecule has 0 spiro atoms. The Morgan fingerprint density at radius 3 is 2.21 bits per heavy atom. The predicted molar refractivity (Wildman–Crippen MR) is 141 cm³/mol. The second-order valence-corrected chi connectivity index (χ2v) is 11.4. The number of ether oxygens (including phenoxy) is 1. The van der Waals surface area contributed by atoms with E-state index in [-0.39, 0.29) is 11.2 Å².